The molecule has 0 radical (unpaired) electrons. The van der Waals surface area contributed by atoms with Gasteiger partial charge in [-0.15, -0.1) is 0 Å². The number of rotatable bonds is 4. The summed E-state index contributed by atoms with van der Waals surface area (Å²) < 4.78 is 4.08. The molecule has 1 aliphatic carbocycles. The molecule has 1 spiro atoms. The van der Waals surface area contributed by atoms with E-state index in [0.29, 0.717) is 5.92 Å². The summed E-state index contributed by atoms with van der Waals surface area (Å²) in [5.41, 5.74) is 11.7. The monoisotopic (exact) mass is 549 g/mol. The molecule has 7 rings (SSSR count). The highest BCUT2D eigenvalue weighted by atomic mass is 16.2. The summed E-state index contributed by atoms with van der Waals surface area (Å²) in [7, 11) is 4.11. The third-order valence-electron chi connectivity index (χ3n) is 9.99. The standard InChI is InChI=1S/C33H39N7O/c1-7-27(41)40-18-33(19-40)12-13-39(17-33)32-22(4)29(28-20(2)8-9-24-16-35-38(6)31(24)28)25-11-10-23(14-26(25)36-32)30-21(3)15-34-37(30)5/h7-9,15-16,23H,1,10-14,17-19H2,2-6H3/t23-/m1/s1. The van der Waals surface area contributed by atoms with E-state index >= 15 is 0 Å². The summed E-state index contributed by atoms with van der Waals surface area (Å²) in [4.78, 5) is 22.1. The number of pyridine rings is 1. The molecule has 0 N–H and O–H groups in total. The normalized spacial score (nSPS) is 19.6. The number of fused-ring (bicyclic) bond motifs is 2. The van der Waals surface area contributed by atoms with Gasteiger partial charge in [-0.05, 0) is 80.3 Å². The van der Waals surface area contributed by atoms with E-state index in [9.17, 15) is 4.79 Å². The molecule has 41 heavy (non-hydrogen) atoms. The van der Waals surface area contributed by atoms with Crippen molar-refractivity contribution < 1.29 is 4.79 Å². The lowest BCUT2D eigenvalue weighted by molar-refractivity contribution is -0.136. The van der Waals surface area contributed by atoms with Crippen molar-refractivity contribution in [2.45, 2.75) is 52.4 Å². The molecule has 5 heterocycles. The highest BCUT2D eigenvalue weighted by Crippen LogP contribution is 2.47. The Morgan fingerprint density at radius 2 is 1.80 bits per heavy atom. The number of hydrogen-bond acceptors (Lipinski definition) is 5. The number of likely N-dealkylation sites (tertiary alicyclic amines) is 1. The maximum Gasteiger partial charge on any atom is 0.245 e. The van der Waals surface area contributed by atoms with E-state index in [4.69, 9.17) is 4.98 Å². The molecule has 2 fully saturated rings. The minimum Gasteiger partial charge on any atom is -0.356 e. The molecule has 1 aromatic carbocycles. The summed E-state index contributed by atoms with van der Waals surface area (Å²) in [6.45, 7) is 13.8. The van der Waals surface area contributed by atoms with Crippen LogP contribution in [0.3, 0.4) is 0 Å². The van der Waals surface area contributed by atoms with Crippen molar-refractivity contribution in [2.75, 3.05) is 31.1 Å². The van der Waals surface area contributed by atoms with E-state index in [-0.39, 0.29) is 11.3 Å². The third-order valence-corrected chi connectivity index (χ3v) is 9.99. The molecule has 8 heteroatoms. The number of anilines is 1. The molecule has 1 amide bonds. The lowest BCUT2D eigenvalue weighted by atomic mass is 9.78. The summed E-state index contributed by atoms with van der Waals surface area (Å²) >= 11 is 0. The number of hydrogen-bond donors (Lipinski definition) is 0. The van der Waals surface area contributed by atoms with Crippen LogP contribution in [0.2, 0.25) is 0 Å². The van der Waals surface area contributed by atoms with Crippen LogP contribution >= 0.6 is 0 Å². The first-order valence-corrected chi connectivity index (χ1v) is 14.8. The van der Waals surface area contributed by atoms with Gasteiger partial charge in [0.1, 0.15) is 5.82 Å². The molecule has 3 aromatic heterocycles. The Labute approximate surface area is 241 Å². The molecule has 0 bridgehead atoms. The molecule has 2 saturated heterocycles. The Kier molecular flexibility index (Phi) is 5.89. The van der Waals surface area contributed by atoms with Crippen LogP contribution in [0.1, 0.15) is 52.4 Å². The van der Waals surface area contributed by atoms with Crippen molar-refractivity contribution in [3.63, 3.8) is 0 Å². The zero-order chi connectivity index (χ0) is 28.6. The zero-order valence-electron chi connectivity index (χ0n) is 24.9. The lowest BCUT2D eigenvalue weighted by Gasteiger charge is -2.47. The first-order chi connectivity index (χ1) is 19.7. The molecule has 0 saturated carbocycles. The molecule has 0 unspecified atom stereocenters. The summed E-state index contributed by atoms with van der Waals surface area (Å²) in [5, 5.41) is 10.4. The average Bonchev–Trinajstić information content (AvgIpc) is 3.64. The van der Waals surface area contributed by atoms with Crippen LogP contribution in [0, 0.1) is 26.2 Å². The van der Waals surface area contributed by atoms with E-state index in [0.717, 1.165) is 57.7 Å². The minimum atomic E-state index is 0.0377. The number of aryl methyl sites for hydroxylation is 4. The predicted octanol–water partition coefficient (Wildman–Crippen LogP) is 4.79. The van der Waals surface area contributed by atoms with Crippen LogP contribution in [-0.2, 0) is 31.7 Å². The van der Waals surface area contributed by atoms with Gasteiger partial charge in [-0.3, -0.25) is 14.2 Å². The number of carbonyl (C=O) groups is 1. The van der Waals surface area contributed by atoms with Gasteiger partial charge in [0, 0.05) is 73.9 Å². The van der Waals surface area contributed by atoms with Gasteiger partial charge >= 0.3 is 0 Å². The maximum atomic E-state index is 12.2. The van der Waals surface area contributed by atoms with Crippen LogP contribution in [0.15, 0.2) is 37.2 Å². The van der Waals surface area contributed by atoms with Gasteiger partial charge in [-0.1, -0.05) is 18.7 Å². The van der Waals surface area contributed by atoms with Crippen LogP contribution < -0.4 is 4.90 Å². The fourth-order valence-corrected chi connectivity index (χ4v) is 7.98. The maximum absolute atomic E-state index is 12.2. The fraction of sp³-hybridized carbons (Fsp3) is 0.455. The fourth-order valence-electron chi connectivity index (χ4n) is 7.98. The van der Waals surface area contributed by atoms with Gasteiger partial charge in [0.15, 0.2) is 0 Å². The predicted molar refractivity (Wildman–Crippen MR) is 162 cm³/mol. The number of benzene rings is 1. The molecular weight excluding hydrogens is 510 g/mol. The molecule has 212 valence electrons. The van der Waals surface area contributed by atoms with E-state index in [1.165, 1.54) is 61.7 Å². The quantitative estimate of drug-likeness (QED) is 0.342. The Hall–Kier alpha value is -3.94. The SMILES string of the molecule is C=CC(=O)N1CC2(CCN(c3nc4c(c(-c5c(C)ccc6cnn(C)c56)c3C)CC[C@@H](c3c(C)cnn3C)C4)C2)C1. The Morgan fingerprint density at radius 3 is 2.54 bits per heavy atom. The number of nitrogens with zero attached hydrogens (tertiary/aromatic N) is 7. The summed E-state index contributed by atoms with van der Waals surface area (Å²) in [6.07, 6.45) is 9.46. The zero-order valence-corrected chi connectivity index (χ0v) is 24.9. The molecule has 2 aliphatic heterocycles. The lowest BCUT2D eigenvalue weighted by Crippen LogP contribution is -2.59. The topological polar surface area (TPSA) is 72.1 Å². The molecule has 8 nitrogen and oxygen atoms in total. The van der Waals surface area contributed by atoms with Crippen molar-refractivity contribution in [3.8, 4) is 11.1 Å². The summed E-state index contributed by atoms with van der Waals surface area (Å²) in [5.74, 6) is 1.54. The van der Waals surface area contributed by atoms with Crippen molar-refractivity contribution >= 4 is 22.6 Å². The van der Waals surface area contributed by atoms with E-state index in [1.807, 2.05) is 29.0 Å². The van der Waals surface area contributed by atoms with Crippen molar-refractivity contribution in [3.05, 3.63) is 70.8 Å². The van der Waals surface area contributed by atoms with Gasteiger partial charge in [0.05, 0.1) is 17.9 Å². The van der Waals surface area contributed by atoms with E-state index in [2.05, 4.69) is 66.3 Å². The highest BCUT2D eigenvalue weighted by Gasteiger charge is 2.49. The molecule has 1 atom stereocenters. The van der Waals surface area contributed by atoms with Gasteiger partial charge in [-0.25, -0.2) is 4.98 Å². The molecule has 3 aliphatic rings. The second kappa shape index (κ2) is 9.29. The van der Waals surface area contributed by atoms with Crippen molar-refractivity contribution in [2.24, 2.45) is 19.5 Å². The molecular formula is C33H39N7O. The van der Waals surface area contributed by atoms with Crippen molar-refractivity contribution in [1.29, 1.82) is 0 Å². The second-order valence-electron chi connectivity index (χ2n) is 12.7. The molecule has 4 aromatic rings. The first-order valence-electron chi connectivity index (χ1n) is 14.8. The van der Waals surface area contributed by atoms with Gasteiger partial charge in [0.2, 0.25) is 5.91 Å². The second-order valence-corrected chi connectivity index (χ2v) is 12.7. The third kappa shape index (κ3) is 3.94. The van der Waals surface area contributed by atoms with E-state index < -0.39 is 0 Å². The van der Waals surface area contributed by atoms with Gasteiger partial charge < -0.3 is 9.80 Å². The number of carbonyl (C=O) groups excluding carboxylic acids is 1. The number of aromatic nitrogens is 5. The smallest absolute Gasteiger partial charge is 0.245 e. The average molecular weight is 550 g/mol. The Balaban J connectivity index is 1.36. The van der Waals surface area contributed by atoms with Gasteiger partial charge in [0.25, 0.3) is 0 Å². The van der Waals surface area contributed by atoms with Crippen LogP contribution in [0.5, 0.6) is 0 Å². The minimum absolute atomic E-state index is 0.0377. The van der Waals surface area contributed by atoms with Crippen LogP contribution in [-0.4, -0.2) is 61.5 Å². The largest absolute Gasteiger partial charge is 0.356 e. The number of amides is 1. The van der Waals surface area contributed by atoms with E-state index in [1.54, 1.807) is 0 Å². The van der Waals surface area contributed by atoms with Crippen LogP contribution in [0.4, 0.5) is 5.82 Å². The highest BCUT2D eigenvalue weighted by molar-refractivity contribution is 5.98. The van der Waals surface area contributed by atoms with Crippen LogP contribution in [0.25, 0.3) is 22.0 Å². The van der Waals surface area contributed by atoms with Crippen molar-refractivity contribution in [1.82, 2.24) is 29.4 Å². The van der Waals surface area contributed by atoms with Gasteiger partial charge in [-0.2, -0.15) is 10.2 Å². The Bertz CT molecular complexity index is 1700. The first kappa shape index (κ1) is 26.0. The summed E-state index contributed by atoms with van der Waals surface area (Å²) in [6, 6.07) is 4.42. The Morgan fingerprint density at radius 1 is 1.02 bits per heavy atom.